The molecule has 15 heavy (non-hydrogen) atoms. The van der Waals surface area contributed by atoms with Gasteiger partial charge in [0.1, 0.15) is 0 Å². The molecule has 1 unspecified atom stereocenters. The van der Waals surface area contributed by atoms with Gasteiger partial charge in [-0.15, -0.1) is 0 Å². The highest BCUT2D eigenvalue weighted by Gasteiger charge is 2.30. The Balaban J connectivity index is 1.71. The van der Waals surface area contributed by atoms with Crippen LogP contribution in [-0.2, 0) is 4.74 Å². The third kappa shape index (κ3) is 2.61. The Hall–Kier alpha value is -0.800. The van der Waals surface area contributed by atoms with E-state index >= 15 is 0 Å². The Morgan fingerprint density at radius 1 is 1.60 bits per heavy atom. The van der Waals surface area contributed by atoms with Gasteiger partial charge in [0.25, 0.3) is 0 Å². The fourth-order valence-electron chi connectivity index (χ4n) is 2.04. The molecule has 0 bridgehead atoms. The zero-order chi connectivity index (χ0) is 10.7. The van der Waals surface area contributed by atoms with Gasteiger partial charge in [-0.1, -0.05) is 0 Å². The molecule has 1 atom stereocenters. The van der Waals surface area contributed by atoms with E-state index in [9.17, 15) is 0 Å². The Morgan fingerprint density at radius 2 is 2.40 bits per heavy atom. The van der Waals surface area contributed by atoms with Gasteiger partial charge in [0.2, 0.25) is 0 Å². The van der Waals surface area contributed by atoms with Crippen molar-refractivity contribution in [3.8, 4) is 0 Å². The van der Waals surface area contributed by atoms with Crippen LogP contribution in [0, 0.1) is 0 Å². The van der Waals surface area contributed by atoms with Crippen molar-refractivity contribution < 1.29 is 9.15 Å². The molecule has 1 fully saturated rings. The lowest BCUT2D eigenvalue weighted by atomic mass is 9.88. The first kappa shape index (κ1) is 10.7. The molecule has 1 saturated carbocycles. The zero-order valence-electron chi connectivity index (χ0n) is 9.40. The van der Waals surface area contributed by atoms with Gasteiger partial charge in [0.05, 0.1) is 18.6 Å². The van der Waals surface area contributed by atoms with Crippen molar-refractivity contribution in [1.29, 1.82) is 0 Å². The number of hydrogen-bond donors (Lipinski definition) is 1. The number of hydrogen-bond acceptors (Lipinski definition) is 3. The highest BCUT2D eigenvalue weighted by Crippen LogP contribution is 2.26. The average molecular weight is 209 g/mol. The van der Waals surface area contributed by atoms with Crippen LogP contribution in [0.25, 0.3) is 0 Å². The Bertz CT molecular complexity index is 278. The molecular weight excluding hydrogens is 190 g/mol. The Kier molecular flexibility index (Phi) is 3.44. The summed E-state index contributed by atoms with van der Waals surface area (Å²) in [6, 6.07) is 2.99. The number of ether oxygens (including phenoxy) is 1. The lowest BCUT2D eigenvalue weighted by molar-refractivity contribution is -0.0120. The molecule has 0 saturated heterocycles. The highest BCUT2D eigenvalue weighted by atomic mass is 16.5. The predicted octanol–water partition coefficient (Wildman–Crippen LogP) is 2.50. The van der Waals surface area contributed by atoms with Crippen LogP contribution in [0.2, 0.25) is 0 Å². The molecule has 1 aromatic heterocycles. The summed E-state index contributed by atoms with van der Waals surface area (Å²) in [7, 11) is 0. The maximum absolute atomic E-state index is 5.52. The molecule has 1 N–H and O–H groups in total. The highest BCUT2D eigenvalue weighted by molar-refractivity contribution is 5.11. The average Bonchev–Trinajstić information content (AvgIpc) is 2.67. The molecule has 1 aromatic rings. The minimum absolute atomic E-state index is 0.372. The van der Waals surface area contributed by atoms with E-state index in [1.54, 1.807) is 12.5 Å². The maximum Gasteiger partial charge on any atom is 0.0950 e. The first-order valence-corrected chi connectivity index (χ1v) is 5.69. The molecule has 1 aliphatic carbocycles. The molecule has 0 amide bonds. The predicted molar refractivity (Wildman–Crippen MR) is 58.7 cm³/mol. The molecule has 1 heterocycles. The summed E-state index contributed by atoms with van der Waals surface area (Å²) < 4.78 is 10.6. The summed E-state index contributed by atoms with van der Waals surface area (Å²) in [5.74, 6) is 0. The van der Waals surface area contributed by atoms with E-state index in [0.717, 1.165) is 19.4 Å². The molecule has 84 valence electrons. The topological polar surface area (TPSA) is 34.4 Å². The molecule has 0 spiro atoms. The monoisotopic (exact) mass is 209 g/mol. The lowest BCUT2D eigenvalue weighted by Crippen LogP contribution is -2.46. The minimum atomic E-state index is 0.372. The quantitative estimate of drug-likeness (QED) is 0.809. The van der Waals surface area contributed by atoms with Gasteiger partial charge in [-0.2, -0.15) is 0 Å². The van der Waals surface area contributed by atoms with Crippen LogP contribution in [0.15, 0.2) is 23.0 Å². The number of rotatable bonds is 5. The van der Waals surface area contributed by atoms with Crippen LogP contribution in [0.4, 0.5) is 0 Å². The van der Waals surface area contributed by atoms with Crippen LogP contribution in [-0.4, -0.2) is 18.8 Å². The molecule has 0 radical (unpaired) electrons. The van der Waals surface area contributed by atoms with Gasteiger partial charge in [-0.3, -0.25) is 0 Å². The van der Waals surface area contributed by atoms with Crippen molar-refractivity contribution in [3.63, 3.8) is 0 Å². The largest absolute Gasteiger partial charge is 0.472 e. The van der Waals surface area contributed by atoms with Gasteiger partial charge in [-0.05, 0) is 32.8 Å². The second-order valence-corrected chi connectivity index (χ2v) is 4.19. The van der Waals surface area contributed by atoms with E-state index in [0.29, 0.717) is 18.2 Å². The SMILES string of the molecule is CCOC1CC(NC(C)c2ccoc2)C1. The van der Waals surface area contributed by atoms with E-state index in [1.165, 1.54) is 5.56 Å². The minimum Gasteiger partial charge on any atom is -0.472 e. The van der Waals surface area contributed by atoms with E-state index < -0.39 is 0 Å². The summed E-state index contributed by atoms with van der Waals surface area (Å²) in [6.07, 6.45) is 6.27. The van der Waals surface area contributed by atoms with Crippen LogP contribution in [0.1, 0.15) is 38.3 Å². The van der Waals surface area contributed by atoms with Gasteiger partial charge < -0.3 is 14.5 Å². The van der Waals surface area contributed by atoms with E-state index in [2.05, 4.69) is 19.2 Å². The van der Waals surface area contributed by atoms with Crippen LogP contribution in [0.3, 0.4) is 0 Å². The summed E-state index contributed by atoms with van der Waals surface area (Å²) in [4.78, 5) is 0. The summed E-state index contributed by atoms with van der Waals surface area (Å²) in [6.45, 7) is 5.04. The normalized spacial score (nSPS) is 27.3. The number of nitrogens with one attached hydrogen (secondary N) is 1. The van der Waals surface area contributed by atoms with Crippen LogP contribution in [0.5, 0.6) is 0 Å². The maximum atomic E-state index is 5.52. The summed E-state index contributed by atoms with van der Waals surface area (Å²) in [5.41, 5.74) is 1.22. The first-order valence-electron chi connectivity index (χ1n) is 5.69. The summed E-state index contributed by atoms with van der Waals surface area (Å²) >= 11 is 0. The van der Waals surface area contributed by atoms with E-state index in [4.69, 9.17) is 9.15 Å². The molecule has 0 aromatic carbocycles. The smallest absolute Gasteiger partial charge is 0.0950 e. The van der Waals surface area contributed by atoms with Crippen molar-refractivity contribution in [2.45, 2.75) is 44.9 Å². The second-order valence-electron chi connectivity index (χ2n) is 4.19. The van der Waals surface area contributed by atoms with E-state index in [1.807, 2.05) is 6.07 Å². The van der Waals surface area contributed by atoms with E-state index in [-0.39, 0.29) is 0 Å². The van der Waals surface area contributed by atoms with Crippen molar-refractivity contribution in [3.05, 3.63) is 24.2 Å². The summed E-state index contributed by atoms with van der Waals surface area (Å²) in [5, 5.41) is 3.57. The molecular formula is C12H19NO2. The van der Waals surface area contributed by atoms with Crippen molar-refractivity contribution in [1.82, 2.24) is 5.32 Å². The standard InChI is InChI=1S/C12H19NO2/c1-3-15-12-6-11(7-12)13-9(2)10-4-5-14-8-10/h4-5,8-9,11-13H,3,6-7H2,1-2H3. The molecule has 1 aliphatic rings. The third-order valence-electron chi connectivity index (χ3n) is 3.03. The van der Waals surface area contributed by atoms with Gasteiger partial charge >= 0.3 is 0 Å². The Labute approximate surface area is 90.8 Å². The zero-order valence-corrected chi connectivity index (χ0v) is 9.40. The van der Waals surface area contributed by atoms with Crippen LogP contribution < -0.4 is 5.32 Å². The van der Waals surface area contributed by atoms with Gasteiger partial charge in [0.15, 0.2) is 0 Å². The molecule has 3 nitrogen and oxygen atoms in total. The fourth-order valence-corrected chi connectivity index (χ4v) is 2.04. The van der Waals surface area contributed by atoms with Crippen molar-refractivity contribution in [2.24, 2.45) is 0 Å². The second kappa shape index (κ2) is 4.81. The van der Waals surface area contributed by atoms with Gasteiger partial charge in [-0.25, -0.2) is 0 Å². The van der Waals surface area contributed by atoms with Crippen LogP contribution >= 0.6 is 0 Å². The van der Waals surface area contributed by atoms with Crippen molar-refractivity contribution >= 4 is 0 Å². The number of furan rings is 1. The molecule has 2 rings (SSSR count). The first-order chi connectivity index (χ1) is 7.29. The fraction of sp³-hybridized carbons (Fsp3) is 0.667. The lowest BCUT2D eigenvalue weighted by Gasteiger charge is -2.37. The van der Waals surface area contributed by atoms with Crippen molar-refractivity contribution in [2.75, 3.05) is 6.61 Å². The molecule has 3 heteroatoms. The Morgan fingerprint density at radius 3 is 3.00 bits per heavy atom. The van der Waals surface area contributed by atoms with Gasteiger partial charge in [0, 0.05) is 24.3 Å². The molecule has 0 aliphatic heterocycles. The third-order valence-corrected chi connectivity index (χ3v) is 3.03.